The molecule has 0 radical (unpaired) electrons. The lowest BCUT2D eigenvalue weighted by atomic mass is 10.0. The predicted octanol–water partition coefficient (Wildman–Crippen LogP) is 2.29. The Morgan fingerprint density at radius 2 is 1.81 bits per heavy atom. The van der Waals surface area contributed by atoms with Crippen molar-refractivity contribution in [3.05, 3.63) is 29.1 Å². The molecule has 1 aliphatic heterocycles. The summed E-state index contributed by atoms with van der Waals surface area (Å²) in [6, 6.07) is 4.29. The molecule has 1 aliphatic rings. The number of aliphatic imine (C=N–C) groups is 1. The molecule has 10 nitrogen and oxygen atoms in total. The molecule has 162 valence electrons. The van der Waals surface area contributed by atoms with E-state index in [9.17, 15) is 19.2 Å². The van der Waals surface area contributed by atoms with E-state index in [1.807, 2.05) is 10.6 Å². The van der Waals surface area contributed by atoms with Gasteiger partial charge in [0.1, 0.15) is 10.6 Å². The van der Waals surface area contributed by atoms with Crippen LogP contribution in [0, 0.1) is 5.92 Å². The first-order valence-corrected chi connectivity index (χ1v) is 9.98. The summed E-state index contributed by atoms with van der Waals surface area (Å²) in [4.78, 5) is 51.9. The summed E-state index contributed by atoms with van der Waals surface area (Å²) in [5.74, 6) is -2.50. The number of ether oxygens (including phenoxy) is 3. The number of urea groups is 1. The first kappa shape index (κ1) is 22.0. The third-order valence-corrected chi connectivity index (χ3v) is 5.21. The van der Waals surface area contributed by atoms with Gasteiger partial charge in [0.25, 0.3) is 0 Å². The fourth-order valence-corrected chi connectivity index (χ4v) is 3.78. The van der Waals surface area contributed by atoms with Crippen LogP contribution in [0.4, 0.5) is 9.80 Å². The maximum absolute atomic E-state index is 12.7. The fraction of sp³-hybridized carbons (Fsp3) is 0.250. The summed E-state index contributed by atoms with van der Waals surface area (Å²) < 4.78 is 15.7. The van der Waals surface area contributed by atoms with Gasteiger partial charge in [-0.3, -0.25) is 20.2 Å². The van der Waals surface area contributed by atoms with Gasteiger partial charge in [0.05, 0.1) is 20.8 Å². The Balaban J connectivity index is 2.02. The van der Waals surface area contributed by atoms with Gasteiger partial charge in [-0.25, -0.2) is 14.6 Å². The lowest BCUT2D eigenvalue weighted by Gasteiger charge is -2.16. The van der Waals surface area contributed by atoms with Crippen molar-refractivity contribution in [3.63, 3.8) is 0 Å². The second-order valence-electron chi connectivity index (χ2n) is 6.18. The molecule has 0 aliphatic carbocycles. The average Bonchev–Trinajstić information content (AvgIpc) is 3.16. The number of hydrogen-bond acceptors (Lipinski definition) is 9. The molecule has 0 saturated carbocycles. The standard InChI is InChI=1S/C20H19N3O7S/c1-4-30-19(26)15-12(10-5-6-13(28-2)14(7-10)29-3)9-31-18(15)21-8-11-16(24)22-20(27)23-17(11)25/h5-9,11H,4H2,1-3H3,(H2,22,23,24,25,27). The number of imide groups is 2. The van der Waals surface area contributed by atoms with Crippen molar-refractivity contribution in [2.24, 2.45) is 10.9 Å². The summed E-state index contributed by atoms with van der Waals surface area (Å²) in [6.07, 6.45) is 1.09. The van der Waals surface area contributed by atoms with Crippen LogP contribution in [-0.2, 0) is 14.3 Å². The van der Waals surface area contributed by atoms with Gasteiger partial charge in [-0.15, -0.1) is 11.3 Å². The molecule has 4 amide bonds. The smallest absolute Gasteiger partial charge is 0.341 e. The number of barbiturate groups is 1. The number of carbonyl (C=O) groups is 4. The number of thiophene rings is 1. The van der Waals surface area contributed by atoms with E-state index in [2.05, 4.69) is 4.99 Å². The van der Waals surface area contributed by atoms with Crippen molar-refractivity contribution >= 4 is 46.4 Å². The van der Waals surface area contributed by atoms with Crippen LogP contribution in [0.2, 0.25) is 0 Å². The van der Waals surface area contributed by atoms with Crippen LogP contribution < -0.4 is 20.1 Å². The van der Waals surface area contributed by atoms with E-state index >= 15 is 0 Å². The molecule has 0 spiro atoms. The highest BCUT2D eigenvalue weighted by atomic mass is 32.1. The molecule has 2 heterocycles. The van der Waals surface area contributed by atoms with Crippen molar-refractivity contribution in [2.45, 2.75) is 6.92 Å². The van der Waals surface area contributed by atoms with Gasteiger partial charge in [0.2, 0.25) is 11.8 Å². The third kappa shape index (κ3) is 4.56. The maximum Gasteiger partial charge on any atom is 0.341 e. The Labute approximate surface area is 181 Å². The van der Waals surface area contributed by atoms with E-state index in [4.69, 9.17) is 14.2 Å². The highest BCUT2D eigenvalue weighted by Crippen LogP contribution is 2.40. The summed E-state index contributed by atoms with van der Waals surface area (Å²) in [5, 5.41) is 5.95. The lowest BCUT2D eigenvalue weighted by molar-refractivity contribution is -0.132. The molecule has 11 heteroatoms. The van der Waals surface area contributed by atoms with E-state index in [0.29, 0.717) is 22.6 Å². The largest absolute Gasteiger partial charge is 0.493 e. The Hall–Kier alpha value is -3.73. The van der Waals surface area contributed by atoms with Gasteiger partial charge in [-0.2, -0.15) is 0 Å². The summed E-state index contributed by atoms with van der Waals surface area (Å²) in [7, 11) is 3.02. The fourth-order valence-electron chi connectivity index (χ4n) is 2.87. The van der Waals surface area contributed by atoms with Crippen molar-refractivity contribution in [1.29, 1.82) is 0 Å². The summed E-state index contributed by atoms with van der Waals surface area (Å²) in [6.45, 7) is 1.83. The molecule has 1 saturated heterocycles. The molecular formula is C20H19N3O7S. The second kappa shape index (κ2) is 9.39. The van der Waals surface area contributed by atoms with Gasteiger partial charge < -0.3 is 14.2 Å². The predicted molar refractivity (Wildman–Crippen MR) is 112 cm³/mol. The Morgan fingerprint density at radius 1 is 1.13 bits per heavy atom. The van der Waals surface area contributed by atoms with Crippen LogP contribution in [0.5, 0.6) is 11.5 Å². The van der Waals surface area contributed by atoms with Gasteiger partial charge >= 0.3 is 12.0 Å². The first-order chi connectivity index (χ1) is 14.9. The van der Waals surface area contributed by atoms with Gasteiger partial charge in [0, 0.05) is 17.2 Å². The van der Waals surface area contributed by atoms with Crippen LogP contribution in [0.15, 0.2) is 28.6 Å². The van der Waals surface area contributed by atoms with E-state index in [1.165, 1.54) is 14.2 Å². The molecule has 0 bridgehead atoms. The van der Waals surface area contributed by atoms with Crippen LogP contribution in [0.1, 0.15) is 17.3 Å². The first-order valence-electron chi connectivity index (χ1n) is 9.10. The minimum atomic E-state index is -1.31. The second-order valence-corrected chi connectivity index (χ2v) is 7.04. The monoisotopic (exact) mass is 445 g/mol. The van der Waals surface area contributed by atoms with Crippen molar-refractivity contribution < 1.29 is 33.4 Å². The van der Waals surface area contributed by atoms with Crippen molar-refractivity contribution in [2.75, 3.05) is 20.8 Å². The Morgan fingerprint density at radius 3 is 2.42 bits per heavy atom. The molecule has 2 aromatic rings. The quantitative estimate of drug-likeness (QED) is 0.380. The van der Waals surface area contributed by atoms with E-state index in [1.54, 1.807) is 30.5 Å². The minimum absolute atomic E-state index is 0.152. The highest BCUT2D eigenvalue weighted by Gasteiger charge is 2.33. The number of amides is 4. The van der Waals surface area contributed by atoms with E-state index in [-0.39, 0.29) is 17.2 Å². The molecule has 1 fully saturated rings. The lowest BCUT2D eigenvalue weighted by Crippen LogP contribution is -2.56. The molecule has 0 unspecified atom stereocenters. The molecule has 1 aromatic carbocycles. The van der Waals surface area contributed by atoms with E-state index < -0.39 is 29.7 Å². The van der Waals surface area contributed by atoms with Crippen LogP contribution in [-0.4, -0.2) is 50.9 Å². The molecule has 31 heavy (non-hydrogen) atoms. The molecule has 1 aromatic heterocycles. The number of nitrogens with one attached hydrogen (secondary N) is 2. The normalized spacial score (nSPS) is 14.4. The average molecular weight is 445 g/mol. The van der Waals surface area contributed by atoms with Crippen molar-refractivity contribution in [3.8, 4) is 22.6 Å². The molecule has 3 rings (SSSR count). The SMILES string of the molecule is CCOC(=O)c1c(-c2ccc(OC)c(OC)c2)csc1N=CC1C(=O)NC(=O)NC1=O. The molecule has 0 atom stereocenters. The molecule has 2 N–H and O–H groups in total. The maximum atomic E-state index is 12.7. The Bertz CT molecular complexity index is 1060. The number of hydrogen-bond donors (Lipinski definition) is 2. The van der Waals surface area contributed by atoms with Gasteiger partial charge in [-0.05, 0) is 24.6 Å². The summed E-state index contributed by atoms with van der Waals surface area (Å²) >= 11 is 1.14. The van der Waals surface area contributed by atoms with Crippen molar-refractivity contribution in [1.82, 2.24) is 10.6 Å². The third-order valence-electron chi connectivity index (χ3n) is 4.32. The zero-order valence-corrected chi connectivity index (χ0v) is 17.7. The minimum Gasteiger partial charge on any atom is -0.493 e. The van der Waals surface area contributed by atoms with Gasteiger partial charge in [-0.1, -0.05) is 6.07 Å². The number of benzene rings is 1. The number of carbonyl (C=O) groups excluding carboxylic acids is 4. The number of esters is 1. The highest BCUT2D eigenvalue weighted by molar-refractivity contribution is 7.14. The summed E-state index contributed by atoms with van der Waals surface area (Å²) in [5.41, 5.74) is 1.39. The zero-order valence-electron chi connectivity index (χ0n) is 16.9. The molecular weight excluding hydrogens is 426 g/mol. The van der Waals surface area contributed by atoms with Crippen LogP contribution in [0.3, 0.4) is 0 Å². The van der Waals surface area contributed by atoms with Crippen LogP contribution in [0.25, 0.3) is 11.1 Å². The number of methoxy groups -OCH3 is 2. The van der Waals surface area contributed by atoms with Crippen LogP contribution >= 0.6 is 11.3 Å². The number of nitrogens with zero attached hydrogens (tertiary/aromatic N) is 1. The van der Waals surface area contributed by atoms with Gasteiger partial charge in [0.15, 0.2) is 17.4 Å². The number of rotatable bonds is 7. The zero-order chi connectivity index (χ0) is 22.5. The van der Waals surface area contributed by atoms with E-state index in [0.717, 1.165) is 17.6 Å². The topological polar surface area (TPSA) is 132 Å². The Kier molecular flexibility index (Phi) is 6.65.